The zero-order chi connectivity index (χ0) is 18.2. The highest BCUT2D eigenvalue weighted by molar-refractivity contribution is 5.97. The standard InChI is InChI=1S/C19H21N7O/c27-19(13-1-4-16-17(11-13)23-24-22-16)25-9-6-15(7-10-25)26(14-2-3-14)18-5-8-20-12-21-18/h1,4-5,8,11-12,14-15H,2-3,6-7,9-10H2,(H,22,23,24). The van der Waals surface area contributed by atoms with Gasteiger partial charge in [-0.1, -0.05) is 0 Å². The molecule has 2 aliphatic rings. The van der Waals surface area contributed by atoms with Crippen LogP contribution in [-0.2, 0) is 0 Å². The van der Waals surface area contributed by atoms with E-state index < -0.39 is 0 Å². The van der Waals surface area contributed by atoms with Crippen molar-refractivity contribution in [1.82, 2.24) is 30.3 Å². The molecule has 0 bridgehead atoms. The third-order valence-electron chi connectivity index (χ3n) is 5.48. The second kappa shape index (κ2) is 6.61. The second-order valence-corrected chi connectivity index (χ2v) is 7.26. The van der Waals surface area contributed by atoms with Crippen LogP contribution in [-0.4, -0.2) is 61.4 Å². The van der Waals surface area contributed by atoms with Crippen molar-refractivity contribution in [2.45, 2.75) is 37.8 Å². The van der Waals surface area contributed by atoms with Gasteiger partial charge < -0.3 is 9.80 Å². The normalized spacial score (nSPS) is 18.0. The quantitative estimate of drug-likeness (QED) is 0.763. The number of fused-ring (bicyclic) bond motifs is 1. The number of aromatic amines is 1. The van der Waals surface area contributed by atoms with Gasteiger partial charge in [0.1, 0.15) is 23.2 Å². The number of nitrogens with zero attached hydrogens (tertiary/aromatic N) is 6. The molecule has 1 aliphatic carbocycles. The molecule has 1 aliphatic heterocycles. The summed E-state index contributed by atoms with van der Waals surface area (Å²) in [6.45, 7) is 1.52. The number of rotatable bonds is 4. The maximum atomic E-state index is 12.9. The molecule has 2 fully saturated rings. The van der Waals surface area contributed by atoms with Crippen molar-refractivity contribution in [3.8, 4) is 0 Å². The van der Waals surface area contributed by atoms with E-state index in [1.165, 1.54) is 12.8 Å². The Kier molecular flexibility index (Phi) is 3.95. The molecule has 2 aromatic heterocycles. The predicted molar refractivity (Wildman–Crippen MR) is 100 cm³/mol. The minimum Gasteiger partial charge on any atom is -0.350 e. The first-order valence-corrected chi connectivity index (χ1v) is 9.44. The van der Waals surface area contributed by atoms with Gasteiger partial charge in [0.25, 0.3) is 5.91 Å². The summed E-state index contributed by atoms with van der Waals surface area (Å²) in [7, 11) is 0. The van der Waals surface area contributed by atoms with Gasteiger partial charge in [-0.2, -0.15) is 15.4 Å². The van der Waals surface area contributed by atoms with E-state index >= 15 is 0 Å². The van der Waals surface area contributed by atoms with E-state index in [0.717, 1.165) is 42.8 Å². The summed E-state index contributed by atoms with van der Waals surface area (Å²) in [5.74, 6) is 1.08. The average molecular weight is 363 g/mol. The number of piperidine rings is 1. The molecule has 8 heteroatoms. The van der Waals surface area contributed by atoms with Crippen molar-refractivity contribution in [3.05, 3.63) is 42.4 Å². The van der Waals surface area contributed by atoms with Gasteiger partial charge in [0.05, 0.1) is 0 Å². The smallest absolute Gasteiger partial charge is 0.253 e. The number of amides is 1. The van der Waals surface area contributed by atoms with E-state index in [-0.39, 0.29) is 5.91 Å². The lowest BCUT2D eigenvalue weighted by atomic mass is 10.0. The zero-order valence-corrected chi connectivity index (χ0v) is 15.0. The number of H-pyrrole nitrogens is 1. The third-order valence-corrected chi connectivity index (χ3v) is 5.48. The topological polar surface area (TPSA) is 90.9 Å². The molecule has 0 unspecified atom stereocenters. The predicted octanol–water partition coefficient (Wildman–Crippen LogP) is 2.02. The number of hydrogen-bond donors (Lipinski definition) is 1. The third kappa shape index (κ3) is 3.11. The zero-order valence-electron chi connectivity index (χ0n) is 15.0. The Bertz CT molecular complexity index is 945. The summed E-state index contributed by atoms with van der Waals surface area (Å²) >= 11 is 0. The molecule has 0 atom stereocenters. The Morgan fingerprint density at radius 3 is 2.56 bits per heavy atom. The molecule has 5 rings (SSSR count). The fourth-order valence-corrected chi connectivity index (χ4v) is 3.96. The monoisotopic (exact) mass is 363 g/mol. The Balaban J connectivity index is 1.28. The molecule has 1 N–H and O–H groups in total. The van der Waals surface area contributed by atoms with Crippen LogP contribution in [0.3, 0.4) is 0 Å². The van der Waals surface area contributed by atoms with Crippen LogP contribution >= 0.6 is 0 Å². The van der Waals surface area contributed by atoms with E-state index in [1.54, 1.807) is 12.5 Å². The molecule has 1 saturated carbocycles. The van der Waals surface area contributed by atoms with Crippen LogP contribution in [0.2, 0.25) is 0 Å². The van der Waals surface area contributed by atoms with Gasteiger partial charge >= 0.3 is 0 Å². The average Bonchev–Trinajstić information content (AvgIpc) is 3.44. The molecule has 0 radical (unpaired) electrons. The van der Waals surface area contributed by atoms with Gasteiger partial charge in [-0.05, 0) is 49.9 Å². The Hall–Kier alpha value is -3.03. The summed E-state index contributed by atoms with van der Waals surface area (Å²) in [4.78, 5) is 25.8. The lowest BCUT2D eigenvalue weighted by Crippen LogP contribution is -2.48. The van der Waals surface area contributed by atoms with Gasteiger partial charge in [0.2, 0.25) is 0 Å². The number of likely N-dealkylation sites (tertiary alicyclic amines) is 1. The summed E-state index contributed by atoms with van der Waals surface area (Å²) in [5, 5.41) is 10.7. The van der Waals surface area contributed by atoms with Crippen LogP contribution in [0, 0.1) is 0 Å². The van der Waals surface area contributed by atoms with Crippen molar-refractivity contribution in [3.63, 3.8) is 0 Å². The molecule has 3 heterocycles. The number of hydrogen-bond acceptors (Lipinski definition) is 6. The highest BCUT2D eigenvalue weighted by atomic mass is 16.2. The molecule has 1 saturated heterocycles. The van der Waals surface area contributed by atoms with E-state index in [2.05, 4.69) is 30.3 Å². The molecular formula is C19H21N7O. The summed E-state index contributed by atoms with van der Waals surface area (Å²) in [6.07, 6.45) is 7.78. The number of anilines is 1. The van der Waals surface area contributed by atoms with E-state index in [4.69, 9.17) is 0 Å². The molecule has 0 spiro atoms. The molecule has 138 valence electrons. The lowest BCUT2D eigenvalue weighted by molar-refractivity contribution is 0.0712. The minimum absolute atomic E-state index is 0.0679. The summed E-state index contributed by atoms with van der Waals surface area (Å²) in [5.41, 5.74) is 2.17. The van der Waals surface area contributed by atoms with Crippen molar-refractivity contribution >= 4 is 22.8 Å². The Morgan fingerprint density at radius 1 is 1.04 bits per heavy atom. The Morgan fingerprint density at radius 2 is 1.81 bits per heavy atom. The van der Waals surface area contributed by atoms with E-state index in [9.17, 15) is 4.79 Å². The van der Waals surface area contributed by atoms with Crippen LogP contribution in [0.1, 0.15) is 36.0 Å². The molecular weight excluding hydrogens is 342 g/mol. The molecule has 27 heavy (non-hydrogen) atoms. The maximum absolute atomic E-state index is 12.9. The van der Waals surface area contributed by atoms with Crippen molar-refractivity contribution in [2.75, 3.05) is 18.0 Å². The molecule has 3 aromatic rings. The molecule has 1 amide bonds. The first-order chi connectivity index (χ1) is 13.3. The van der Waals surface area contributed by atoms with Gasteiger partial charge in [-0.25, -0.2) is 9.97 Å². The minimum atomic E-state index is 0.0679. The largest absolute Gasteiger partial charge is 0.350 e. The van der Waals surface area contributed by atoms with Crippen LogP contribution < -0.4 is 4.90 Å². The first kappa shape index (κ1) is 16.2. The fourth-order valence-electron chi connectivity index (χ4n) is 3.96. The second-order valence-electron chi connectivity index (χ2n) is 7.26. The SMILES string of the molecule is O=C(c1ccc2n[nH]nc2c1)N1CCC(N(c2ccncn2)C2CC2)CC1. The van der Waals surface area contributed by atoms with Gasteiger partial charge in [0, 0.05) is 36.9 Å². The summed E-state index contributed by atoms with van der Waals surface area (Å²) < 4.78 is 0. The van der Waals surface area contributed by atoms with Crippen LogP contribution in [0.4, 0.5) is 5.82 Å². The van der Waals surface area contributed by atoms with Crippen molar-refractivity contribution in [1.29, 1.82) is 0 Å². The van der Waals surface area contributed by atoms with Crippen LogP contribution in [0.25, 0.3) is 11.0 Å². The number of carbonyl (C=O) groups excluding carboxylic acids is 1. The van der Waals surface area contributed by atoms with Gasteiger partial charge in [0.15, 0.2) is 0 Å². The first-order valence-electron chi connectivity index (χ1n) is 9.44. The summed E-state index contributed by atoms with van der Waals surface area (Å²) in [6, 6.07) is 8.48. The van der Waals surface area contributed by atoms with E-state index in [0.29, 0.717) is 17.6 Å². The van der Waals surface area contributed by atoms with E-state index in [1.807, 2.05) is 29.2 Å². The number of carbonyl (C=O) groups is 1. The van der Waals surface area contributed by atoms with Gasteiger partial charge in [-0.15, -0.1) is 0 Å². The molecule has 8 nitrogen and oxygen atoms in total. The van der Waals surface area contributed by atoms with Crippen molar-refractivity contribution < 1.29 is 4.79 Å². The van der Waals surface area contributed by atoms with Crippen molar-refractivity contribution in [2.24, 2.45) is 0 Å². The highest BCUT2D eigenvalue weighted by Gasteiger charge is 2.37. The maximum Gasteiger partial charge on any atom is 0.253 e. The number of aromatic nitrogens is 5. The van der Waals surface area contributed by atoms with Crippen LogP contribution in [0.5, 0.6) is 0 Å². The van der Waals surface area contributed by atoms with Gasteiger partial charge in [-0.3, -0.25) is 4.79 Å². The van der Waals surface area contributed by atoms with Crippen LogP contribution in [0.15, 0.2) is 36.8 Å². The number of benzene rings is 1. The molecule has 1 aromatic carbocycles. The number of nitrogens with one attached hydrogen (secondary N) is 1. The Labute approximate surface area is 156 Å². The highest BCUT2D eigenvalue weighted by Crippen LogP contribution is 2.35. The fraction of sp³-hybridized carbons (Fsp3) is 0.421. The lowest BCUT2D eigenvalue weighted by Gasteiger charge is -2.39.